The fraction of sp³-hybridized carbons (Fsp3) is 0.222. The summed E-state index contributed by atoms with van der Waals surface area (Å²) >= 11 is 0. The van der Waals surface area contributed by atoms with Crippen LogP contribution in [0, 0.1) is 23.3 Å². The van der Waals surface area contributed by atoms with Crippen LogP contribution in [0.2, 0.25) is 0 Å². The van der Waals surface area contributed by atoms with Crippen molar-refractivity contribution in [1.29, 1.82) is 0 Å². The maximum atomic E-state index is 13.6. The Hall–Kier alpha value is -2.94. The minimum atomic E-state index is -1.11. The van der Waals surface area contributed by atoms with Crippen LogP contribution in [-0.2, 0) is 9.59 Å². The Bertz CT molecular complexity index is 825. The summed E-state index contributed by atoms with van der Waals surface area (Å²) in [4.78, 5) is 25.4. The van der Waals surface area contributed by atoms with E-state index in [1.807, 2.05) is 0 Å². The zero-order valence-electron chi connectivity index (χ0n) is 14.4. The van der Waals surface area contributed by atoms with E-state index < -0.39 is 40.8 Å². The van der Waals surface area contributed by atoms with Crippen LogP contribution < -0.4 is 10.6 Å². The van der Waals surface area contributed by atoms with Crippen molar-refractivity contribution in [2.75, 3.05) is 30.3 Å². The molecule has 144 valence electrons. The van der Waals surface area contributed by atoms with Crippen molar-refractivity contribution in [2.45, 2.75) is 6.92 Å². The van der Waals surface area contributed by atoms with Gasteiger partial charge >= 0.3 is 0 Å². The summed E-state index contributed by atoms with van der Waals surface area (Å²) in [6.45, 7) is 1.44. The first kappa shape index (κ1) is 20.4. The van der Waals surface area contributed by atoms with E-state index in [0.29, 0.717) is 6.54 Å². The molecule has 0 aliphatic heterocycles. The highest BCUT2D eigenvalue weighted by molar-refractivity contribution is 5.94. The predicted octanol–water partition coefficient (Wildman–Crippen LogP) is 3.14. The number of hydrogen-bond donors (Lipinski definition) is 2. The number of amides is 2. The van der Waals surface area contributed by atoms with Gasteiger partial charge in [0.2, 0.25) is 11.8 Å². The summed E-state index contributed by atoms with van der Waals surface area (Å²) < 4.78 is 53.1. The zero-order chi connectivity index (χ0) is 20.0. The standard InChI is InChI=1S/C18H17F4N3O2/c1-2-25(9-16(26)23-11-6-7-12(19)15(22)8-11)10-17(27)24-18-13(20)4-3-5-14(18)21/h3-8H,2,9-10H2,1H3,(H,23,26)(H,24,27). The second kappa shape index (κ2) is 9.13. The Morgan fingerprint density at radius 1 is 0.852 bits per heavy atom. The largest absolute Gasteiger partial charge is 0.325 e. The second-order valence-electron chi connectivity index (χ2n) is 5.63. The van der Waals surface area contributed by atoms with Crippen LogP contribution in [0.4, 0.5) is 28.9 Å². The molecule has 0 saturated heterocycles. The van der Waals surface area contributed by atoms with E-state index in [1.54, 1.807) is 6.92 Å². The molecule has 0 aliphatic rings. The summed E-state index contributed by atoms with van der Waals surface area (Å²) in [6, 6.07) is 6.08. The lowest BCUT2D eigenvalue weighted by atomic mass is 10.3. The molecule has 2 N–H and O–H groups in total. The maximum Gasteiger partial charge on any atom is 0.238 e. The first-order valence-electron chi connectivity index (χ1n) is 8.01. The molecule has 0 aliphatic carbocycles. The van der Waals surface area contributed by atoms with Gasteiger partial charge in [0.1, 0.15) is 17.3 Å². The third-order valence-corrected chi connectivity index (χ3v) is 3.61. The molecule has 0 spiro atoms. The number of halogens is 4. The van der Waals surface area contributed by atoms with Crippen LogP contribution in [0.1, 0.15) is 6.92 Å². The number of rotatable bonds is 7. The van der Waals surface area contributed by atoms with Gasteiger partial charge in [-0.3, -0.25) is 14.5 Å². The molecule has 2 rings (SSSR count). The molecule has 0 unspecified atom stereocenters. The van der Waals surface area contributed by atoms with Crippen LogP contribution in [-0.4, -0.2) is 36.3 Å². The van der Waals surface area contributed by atoms with Gasteiger partial charge in [0.05, 0.1) is 13.1 Å². The lowest BCUT2D eigenvalue weighted by molar-refractivity contribution is -0.119. The Morgan fingerprint density at radius 3 is 2.00 bits per heavy atom. The highest BCUT2D eigenvalue weighted by Gasteiger charge is 2.17. The van der Waals surface area contributed by atoms with E-state index in [2.05, 4.69) is 10.6 Å². The molecular weight excluding hydrogens is 366 g/mol. The molecule has 0 atom stereocenters. The Morgan fingerprint density at radius 2 is 1.44 bits per heavy atom. The summed E-state index contributed by atoms with van der Waals surface area (Å²) in [5, 5.41) is 4.50. The molecule has 9 heteroatoms. The third-order valence-electron chi connectivity index (χ3n) is 3.61. The molecule has 0 radical (unpaired) electrons. The van der Waals surface area contributed by atoms with E-state index in [4.69, 9.17) is 0 Å². The molecule has 2 amide bonds. The van der Waals surface area contributed by atoms with Crippen molar-refractivity contribution in [3.05, 3.63) is 59.7 Å². The van der Waals surface area contributed by atoms with Crippen LogP contribution in [0.25, 0.3) is 0 Å². The Labute approximate surface area is 153 Å². The number of nitrogens with zero attached hydrogens (tertiary/aromatic N) is 1. The average molecular weight is 383 g/mol. The first-order valence-corrected chi connectivity index (χ1v) is 8.01. The van der Waals surface area contributed by atoms with Crippen molar-refractivity contribution in [3.63, 3.8) is 0 Å². The normalized spacial score (nSPS) is 10.7. The maximum absolute atomic E-state index is 13.6. The number of carbonyl (C=O) groups is 2. The van der Waals surface area contributed by atoms with Crippen LogP contribution in [0.5, 0.6) is 0 Å². The van der Waals surface area contributed by atoms with Crippen molar-refractivity contribution in [3.8, 4) is 0 Å². The fourth-order valence-electron chi connectivity index (χ4n) is 2.26. The summed E-state index contributed by atoms with van der Waals surface area (Å²) in [5.74, 6) is -5.24. The van der Waals surface area contributed by atoms with Crippen molar-refractivity contribution in [2.24, 2.45) is 0 Å². The van der Waals surface area contributed by atoms with Crippen molar-refractivity contribution in [1.82, 2.24) is 4.90 Å². The van der Waals surface area contributed by atoms with Crippen LogP contribution in [0.3, 0.4) is 0 Å². The van der Waals surface area contributed by atoms with Gasteiger partial charge in [0.15, 0.2) is 11.6 Å². The van der Waals surface area contributed by atoms with Gasteiger partial charge in [0, 0.05) is 11.8 Å². The number of benzene rings is 2. The summed E-state index contributed by atoms with van der Waals surface area (Å²) in [7, 11) is 0. The van der Waals surface area contributed by atoms with Gasteiger partial charge < -0.3 is 10.6 Å². The van der Waals surface area contributed by atoms with E-state index >= 15 is 0 Å². The van der Waals surface area contributed by atoms with E-state index in [9.17, 15) is 27.2 Å². The van der Waals surface area contributed by atoms with Crippen molar-refractivity contribution >= 4 is 23.2 Å². The summed E-state index contributed by atoms with van der Waals surface area (Å²) in [6.07, 6.45) is 0. The molecule has 0 aromatic heterocycles. The van der Waals surface area contributed by atoms with Crippen LogP contribution in [0.15, 0.2) is 36.4 Å². The quantitative estimate of drug-likeness (QED) is 0.723. The van der Waals surface area contributed by atoms with Crippen LogP contribution >= 0.6 is 0 Å². The van der Waals surface area contributed by atoms with E-state index in [-0.39, 0.29) is 18.8 Å². The number of likely N-dealkylation sites (N-methyl/N-ethyl adjacent to an activating group) is 1. The van der Waals surface area contributed by atoms with E-state index in [0.717, 1.165) is 24.3 Å². The number of hydrogen-bond acceptors (Lipinski definition) is 3. The fourth-order valence-corrected chi connectivity index (χ4v) is 2.26. The minimum Gasteiger partial charge on any atom is -0.325 e. The molecule has 0 heterocycles. The second-order valence-corrected chi connectivity index (χ2v) is 5.63. The monoisotopic (exact) mass is 383 g/mol. The van der Waals surface area contributed by atoms with Gasteiger partial charge in [-0.2, -0.15) is 0 Å². The number of nitrogens with one attached hydrogen (secondary N) is 2. The number of anilines is 2. The predicted molar refractivity (Wildman–Crippen MR) is 92.1 cm³/mol. The van der Waals surface area contributed by atoms with Gasteiger partial charge in [-0.25, -0.2) is 17.6 Å². The number of carbonyl (C=O) groups excluding carboxylic acids is 2. The topological polar surface area (TPSA) is 61.4 Å². The highest BCUT2D eigenvalue weighted by atomic mass is 19.2. The van der Waals surface area contributed by atoms with Gasteiger partial charge in [-0.15, -0.1) is 0 Å². The molecule has 2 aromatic rings. The lowest BCUT2D eigenvalue weighted by Gasteiger charge is -2.19. The third kappa shape index (κ3) is 5.78. The minimum absolute atomic E-state index is 0.0628. The van der Waals surface area contributed by atoms with E-state index in [1.165, 1.54) is 17.0 Å². The lowest BCUT2D eigenvalue weighted by Crippen LogP contribution is -2.38. The smallest absolute Gasteiger partial charge is 0.238 e. The van der Waals surface area contributed by atoms with Crippen molar-refractivity contribution < 1.29 is 27.2 Å². The summed E-state index contributed by atoms with van der Waals surface area (Å²) in [5.41, 5.74) is -0.502. The zero-order valence-corrected chi connectivity index (χ0v) is 14.4. The Kier molecular flexibility index (Phi) is 6.89. The molecule has 0 bridgehead atoms. The molecule has 5 nitrogen and oxygen atoms in total. The molecule has 27 heavy (non-hydrogen) atoms. The highest BCUT2D eigenvalue weighted by Crippen LogP contribution is 2.18. The average Bonchev–Trinajstić information content (AvgIpc) is 2.61. The van der Waals surface area contributed by atoms with Gasteiger partial charge in [-0.05, 0) is 30.8 Å². The molecule has 2 aromatic carbocycles. The number of para-hydroxylation sites is 1. The molecular formula is C18H17F4N3O2. The SMILES string of the molecule is CCN(CC(=O)Nc1ccc(F)c(F)c1)CC(=O)Nc1c(F)cccc1F. The Balaban J connectivity index is 1.93. The van der Waals surface area contributed by atoms with Gasteiger partial charge in [0.25, 0.3) is 0 Å². The molecule has 0 saturated carbocycles. The van der Waals surface area contributed by atoms with Gasteiger partial charge in [-0.1, -0.05) is 13.0 Å². The molecule has 0 fully saturated rings. The first-order chi connectivity index (χ1) is 12.8.